The van der Waals surface area contributed by atoms with Gasteiger partial charge in [0.05, 0.1) is 7.11 Å². The highest BCUT2D eigenvalue weighted by Gasteiger charge is 2.40. The molecule has 0 saturated carbocycles. The molecule has 152 valence electrons. The highest BCUT2D eigenvalue weighted by atomic mass is 16.5. The molecule has 0 atom stereocenters. The van der Waals surface area contributed by atoms with Gasteiger partial charge in [0.2, 0.25) is 11.8 Å². The highest BCUT2D eigenvalue weighted by molar-refractivity contribution is 5.76. The fourth-order valence-corrected chi connectivity index (χ4v) is 3.82. The van der Waals surface area contributed by atoms with E-state index in [9.17, 15) is 4.79 Å². The van der Waals surface area contributed by atoms with Crippen molar-refractivity contribution in [2.45, 2.75) is 44.4 Å². The van der Waals surface area contributed by atoms with Gasteiger partial charge in [0.1, 0.15) is 5.75 Å². The SMILES string of the molecule is COCCC1(c2noc(C)n2)CCN(C(=O)CCc2cccc(OC)c2)CC1. The lowest BCUT2D eigenvalue weighted by Gasteiger charge is -2.40. The molecule has 0 bridgehead atoms. The van der Waals surface area contributed by atoms with Crippen LogP contribution in [0.5, 0.6) is 5.75 Å². The number of likely N-dealkylation sites (tertiary alicyclic amines) is 1. The summed E-state index contributed by atoms with van der Waals surface area (Å²) in [5.74, 6) is 2.32. The van der Waals surface area contributed by atoms with Gasteiger partial charge in [-0.05, 0) is 43.4 Å². The molecule has 2 heterocycles. The second-order valence-corrected chi connectivity index (χ2v) is 7.39. The van der Waals surface area contributed by atoms with Gasteiger partial charge in [-0.25, -0.2) is 0 Å². The summed E-state index contributed by atoms with van der Waals surface area (Å²) in [7, 11) is 3.35. The number of carbonyl (C=O) groups excluding carboxylic acids is 1. The molecule has 2 aromatic rings. The fraction of sp³-hybridized carbons (Fsp3) is 0.571. The van der Waals surface area contributed by atoms with Gasteiger partial charge in [-0.3, -0.25) is 4.79 Å². The summed E-state index contributed by atoms with van der Waals surface area (Å²) in [6, 6.07) is 7.88. The van der Waals surface area contributed by atoms with E-state index in [1.807, 2.05) is 29.2 Å². The predicted octanol–water partition coefficient (Wildman–Crippen LogP) is 2.92. The summed E-state index contributed by atoms with van der Waals surface area (Å²) in [6.45, 7) is 3.84. The first-order valence-electron chi connectivity index (χ1n) is 9.77. The van der Waals surface area contributed by atoms with E-state index in [0.717, 1.165) is 36.4 Å². The van der Waals surface area contributed by atoms with Gasteiger partial charge in [-0.15, -0.1) is 0 Å². The maximum absolute atomic E-state index is 12.7. The molecule has 0 aliphatic carbocycles. The van der Waals surface area contributed by atoms with E-state index in [1.54, 1.807) is 21.1 Å². The Morgan fingerprint density at radius 1 is 1.29 bits per heavy atom. The smallest absolute Gasteiger partial charge is 0.223 e. The second kappa shape index (κ2) is 9.19. The van der Waals surface area contributed by atoms with E-state index in [4.69, 9.17) is 14.0 Å². The second-order valence-electron chi connectivity index (χ2n) is 7.39. The zero-order valence-corrected chi connectivity index (χ0v) is 16.9. The number of aryl methyl sites for hydroxylation is 2. The van der Waals surface area contributed by atoms with Crippen molar-refractivity contribution in [1.82, 2.24) is 15.0 Å². The van der Waals surface area contributed by atoms with E-state index in [-0.39, 0.29) is 11.3 Å². The molecule has 1 aliphatic heterocycles. The summed E-state index contributed by atoms with van der Waals surface area (Å²) in [4.78, 5) is 19.1. The van der Waals surface area contributed by atoms with Crippen molar-refractivity contribution >= 4 is 5.91 Å². The first-order chi connectivity index (χ1) is 13.6. The lowest BCUT2D eigenvalue weighted by Crippen LogP contribution is -2.46. The summed E-state index contributed by atoms with van der Waals surface area (Å²) in [6.07, 6.45) is 3.68. The first-order valence-corrected chi connectivity index (χ1v) is 9.77. The summed E-state index contributed by atoms with van der Waals surface area (Å²) >= 11 is 0. The molecule has 1 aromatic carbocycles. The van der Waals surface area contributed by atoms with Crippen molar-refractivity contribution in [3.63, 3.8) is 0 Å². The Morgan fingerprint density at radius 2 is 2.07 bits per heavy atom. The lowest BCUT2D eigenvalue weighted by atomic mass is 9.75. The monoisotopic (exact) mass is 387 g/mol. The van der Waals surface area contributed by atoms with Crippen LogP contribution in [0, 0.1) is 6.92 Å². The van der Waals surface area contributed by atoms with Crippen LogP contribution in [0.25, 0.3) is 0 Å². The average molecular weight is 387 g/mol. The van der Waals surface area contributed by atoms with E-state index in [1.165, 1.54) is 0 Å². The minimum atomic E-state index is -0.183. The van der Waals surface area contributed by atoms with Gasteiger partial charge in [0.25, 0.3) is 0 Å². The Morgan fingerprint density at radius 3 is 2.71 bits per heavy atom. The minimum Gasteiger partial charge on any atom is -0.497 e. The molecule has 7 nitrogen and oxygen atoms in total. The van der Waals surface area contributed by atoms with Crippen LogP contribution < -0.4 is 4.74 Å². The largest absolute Gasteiger partial charge is 0.497 e. The fourth-order valence-electron chi connectivity index (χ4n) is 3.82. The normalized spacial score (nSPS) is 16.2. The van der Waals surface area contributed by atoms with Crippen LogP contribution in [0.1, 0.15) is 43.0 Å². The molecular weight excluding hydrogens is 358 g/mol. The van der Waals surface area contributed by atoms with Crippen LogP contribution in [0.2, 0.25) is 0 Å². The molecule has 0 unspecified atom stereocenters. The van der Waals surface area contributed by atoms with Crippen molar-refractivity contribution in [2.75, 3.05) is 33.9 Å². The maximum atomic E-state index is 12.7. The Labute approximate surface area is 166 Å². The van der Waals surface area contributed by atoms with Crippen molar-refractivity contribution in [2.24, 2.45) is 0 Å². The molecule has 1 saturated heterocycles. The van der Waals surface area contributed by atoms with Gasteiger partial charge in [0.15, 0.2) is 5.82 Å². The number of hydrogen-bond donors (Lipinski definition) is 0. The standard InChI is InChI=1S/C21H29N3O4/c1-16-22-20(23-28-16)21(11-14-26-2)9-12-24(13-10-21)19(25)8-7-17-5-4-6-18(15-17)27-3/h4-6,15H,7-14H2,1-3H3. The van der Waals surface area contributed by atoms with Crippen LogP contribution >= 0.6 is 0 Å². The van der Waals surface area contributed by atoms with Gasteiger partial charge in [-0.2, -0.15) is 4.98 Å². The third-order valence-electron chi connectivity index (χ3n) is 5.62. The molecule has 0 radical (unpaired) electrons. The van der Waals surface area contributed by atoms with Gasteiger partial charge in [-0.1, -0.05) is 17.3 Å². The zero-order valence-electron chi connectivity index (χ0n) is 16.9. The van der Waals surface area contributed by atoms with Gasteiger partial charge in [0, 0.05) is 45.6 Å². The Balaban J connectivity index is 1.58. The summed E-state index contributed by atoms with van der Waals surface area (Å²) in [5, 5.41) is 4.17. The molecule has 0 N–H and O–H groups in total. The number of amides is 1. The number of nitrogens with zero attached hydrogens (tertiary/aromatic N) is 3. The number of piperidine rings is 1. The van der Waals surface area contributed by atoms with Gasteiger partial charge < -0.3 is 18.9 Å². The topological polar surface area (TPSA) is 77.7 Å². The lowest BCUT2D eigenvalue weighted by molar-refractivity contribution is -0.133. The molecule has 0 spiro atoms. The van der Waals surface area contributed by atoms with E-state index in [0.29, 0.717) is 38.4 Å². The Bertz CT molecular complexity index is 781. The summed E-state index contributed by atoms with van der Waals surface area (Å²) in [5.41, 5.74) is 0.929. The highest BCUT2D eigenvalue weighted by Crippen LogP contribution is 2.37. The molecule has 1 fully saturated rings. The molecular formula is C21H29N3O4. The number of aromatic nitrogens is 2. The molecule has 3 rings (SSSR count). The van der Waals surface area contributed by atoms with Crippen LogP contribution in [0.3, 0.4) is 0 Å². The molecule has 28 heavy (non-hydrogen) atoms. The number of hydrogen-bond acceptors (Lipinski definition) is 6. The van der Waals surface area contributed by atoms with Crippen molar-refractivity contribution in [1.29, 1.82) is 0 Å². The average Bonchev–Trinajstić information content (AvgIpc) is 3.18. The van der Waals surface area contributed by atoms with E-state index >= 15 is 0 Å². The van der Waals surface area contributed by atoms with Gasteiger partial charge >= 0.3 is 0 Å². The van der Waals surface area contributed by atoms with Crippen LogP contribution in [0.4, 0.5) is 0 Å². The van der Waals surface area contributed by atoms with Crippen molar-refractivity contribution in [3.8, 4) is 5.75 Å². The van der Waals surface area contributed by atoms with E-state index < -0.39 is 0 Å². The minimum absolute atomic E-state index is 0.183. The quantitative estimate of drug-likeness (QED) is 0.693. The summed E-state index contributed by atoms with van der Waals surface area (Å²) < 4.78 is 15.8. The number of carbonyl (C=O) groups is 1. The first kappa shape index (κ1) is 20.3. The van der Waals surface area contributed by atoms with Crippen LogP contribution in [-0.2, 0) is 21.4 Å². The zero-order chi connectivity index (χ0) is 20.0. The molecule has 7 heteroatoms. The third-order valence-corrected chi connectivity index (χ3v) is 5.62. The van der Waals surface area contributed by atoms with Crippen molar-refractivity contribution in [3.05, 3.63) is 41.5 Å². The van der Waals surface area contributed by atoms with Crippen molar-refractivity contribution < 1.29 is 18.8 Å². The van der Waals surface area contributed by atoms with E-state index in [2.05, 4.69) is 10.1 Å². The number of rotatable bonds is 8. The molecule has 1 aliphatic rings. The number of methoxy groups -OCH3 is 2. The Kier molecular flexibility index (Phi) is 6.67. The maximum Gasteiger partial charge on any atom is 0.223 e. The number of benzene rings is 1. The molecule has 1 aromatic heterocycles. The molecule has 1 amide bonds. The third kappa shape index (κ3) is 4.70. The van der Waals surface area contributed by atoms with Crippen LogP contribution in [0.15, 0.2) is 28.8 Å². The number of ether oxygens (including phenoxy) is 2. The van der Waals surface area contributed by atoms with Crippen LogP contribution in [-0.4, -0.2) is 54.9 Å². The predicted molar refractivity (Wildman–Crippen MR) is 104 cm³/mol. The Hall–Kier alpha value is -2.41.